The summed E-state index contributed by atoms with van der Waals surface area (Å²) in [6, 6.07) is 0. The van der Waals surface area contributed by atoms with E-state index in [9.17, 15) is 4.79 Å². The number of hydrogen-bond donors (Lipinski definition) is 0. The fourth-order valence-electron chi connectivity index (χ4n) is 2.10. The number of rotatable bonds is 4. The Kier molecular flexibility index (Phi) is 5.14. The summed E-state index contributed by atoms with van der Waals surface area (Å²) in [6.07, 6.45) is 0.602. The zero-order chi connectivity index (χ0) is 13.0. The standard InChI is InChI=1S/C12H18BrN3OS/c1-10-14-11(9-18-10)8-15-4-6-16(7-5-15)12(17)2-3-13/h9H,2-8H2,1H3. The third-order valence-corrected chi connectivity index (χ3v) is 4.30. The molecule has 0 atom stereocenters. The molecule has 1 saturated heterocycles. The van der Waals surface area contributed by atoms with Crippen molar-refractivity contribution in [1.29, 1.82) is 0 Å². The minimum atomic E-state index is 0.260. The van der Waals surface area contributed by atoms with Crippen LogP contribution in [0, 0.1) is 6.92 Å². The maximum absolute atomic E-state index is 11.7. The largest absolute Gasteiger partial charge is 0.340 e. The molecule has 0 bridgehead atoms. The molecule has 18 heavy (non-hydrogen) atoms. The van der Waals surface area contributed by atoms with Crippen LogP contribution in [0.15, 0.2) is 5.38 Å². The molecule has 2 heterocycles. The third-order valence-electron chi connectivity index (χ3n) is 3.09. The van der Waals surface area contributed by atoms with Crippen LogP contribution < -0.4 is 0 Å². The van der Waals surface area contributed by atoms with Crippen LogP contribution in [-0.2, 0) is 11.3 Å². The maximum atomic E-state index is 11.7. The van der Waals surface area contributed by atoms with Gasteiger partial charge < -0.3 is 4.90 Å². The number of nitrogens with zero attached hydrogens (tertiary/aromatic N) is 3. The zero-order valence-corrected chi connectivity index (χ0v) is 13.0. The van der Waals surface area contributed by atoms with E-state index >= 15 is 0 Å². The van der Waals surface area contributed by atoms with Gasteiger partial charge in [0.25, 0.3) is 0 Å². The Morgan fingerprint density at radius 1 is 1.44 bits per heavy atom. The minimum Gasteiger partial charge on any atom is -0.340 e. The van der Waals surface area contributed by atoms with Gasteiger partial charge in [0, 0.05) is 49.9 Å². The number of amides is 1. The highest BCUT2D eigenvalue weighted by Gasteiger charge is 2.20. The highest BCUT2D eigenvalue weighted by molar-refractivity contribution is 9.09. The first-order valence-corrected chi connectivity index (χ1v) is 8.16. The molecular weight excluding hydrogens is 314 g/mol. The van der Waals surface area contributed by atoms with E-state index in [0.717, 1.165) is 48.8 Å². The Morgan fingerprint density at radius 3 is 2.72 bits per heavy atom. The molecule has 1 aliphatic rings. The van der Waals surface area contributed by atoms with Crippen molar-refractivity contribution in [2.75, 3.05) is 31.5 Å². The summed E-state index contributed by atoms with van der Waals surface area (Å²) in [5, 5.41) is 4.00. The molecule has 0 saturated carbocycles. The molecule has 6 heteroatoms. The molecule has 1 aromatic rings. The SMILES string of the molecule is Cc1nc(CN2CCN(C(=O)CCBr)CC2)cs1. The monoisotopic (exact) mass is 331 g/mol. The fraction of sp³-hybridized carbons (Fsp3) is 0.667. The molecule has 0 unspecified atom stereocenters. The molecule has 0 aliphatic carbocycles. The summed E-state index contributed by atoms with van der Waals surface area (Å²) < 4.78 is 0. The lowest BCUT2D eigenvalue weighted by Crippen LogP contribution is -2.48. The van der Waals surface area contributed by atoms with E-state index in [1.807, 2.05) is 11.8 Å². The fourth-order valence-corrected chi connectivity index (χ4v) is 3.05. The normalized spacial score (nSPS) is 17.1. The van der Waals surface area contributed by atoms with Crippen LogP contribution in [0.3, 0.4) is 0 Å². The lowest BCUT2D eigenvalue weighted by Gasteiger charge is -2.34. The van der Waals surface area contributed by atoms with Crippen LogP contribution in [0.2, 0.25) is 0 Å². The minimum absolute atomic E-state index is 0.260. The highest BCUT2D eigenvalue weighted by atomic mass is 79.9. The van der Waals surface area contributed by atoms with Gasteiger partial charge in [-0.05, 0) is 6.92 Å². The molecule has 1 fully saturated rings. The van der Waals surface area contributed by atoms with E-state index in [1.165, 1.54) is 0 Å². The van der Waals surface area contributed by atoms with Crippen molar-refractivity contribution in [1.82, 2.24) is 14.8 Å². The Labute approximate surface area is 120 Å². The molecule has 0 spiro atoms. The molecule has 0 aromatic carbocycles. The third kappa shape index (κ3) is 3.76. The predicted molar refractivity (Wildman–Crippen MR) is 77.1 cm³/mol. The second kappa shape index (κ2) is 6.63. The maximum Gasteiger partial charge on any atom is 0.223 e. The van der Waals surface area contributed by atoms with E-state index in [1.54, 1.807) is 11.3 Å². The Balaban J connectivity index is 1.78. The number of thiazole rings is 1. The Hall–Kier alpha value is -0.460. The molecular formula is C12H18BrN3OS. The number of hydrogen-bond acceptors (Lipinski definition) is 4. The van der Waals surface area contributed by atoms with E-state index in [0.29, 0.717) is 6.42 Å². The van der Waals surface area contributed by atoms with Crippen LogP contribution in [0.4, 0.5) is 0 Å². The number of piperazine rings is 1. The van der Waals surface area contributed by atoms with Crippen LogP contribution >= 0.6 is 27.3 Å². The molecule has 1 amide bonds. The molecule has 4 nitrogen and oxygen atoms in total. The van der Waals surface area contributed by atoms with E-state index in [2.05, 4.69) is 31.2 Å². The highest BCUT2D eigenvalue weighted by Crippen LogP contribution is 2.12. The summed E-state index contributed by atoms with van der Waals surface area (Å²) in [6.45, 7) is 6.52. The lowest BCUT2D eigenvalue weighted by molar-refractivity contribution is -0.132. The van der Waals surface area contributed by atoms with Crippen molar-refractivity contribution < 1.29 is 4.79 Å². The van der Waals surface area contributed by atoms with E-state index < -0.39 is 0 Å². The van der Waals surface area contributed by atoms with Crippen molar-refractivity contribution >= 4 is 33.2 Å². The average Bonchev–Trinajstić information content (AvgIpc) is 2.76. The van der Waals surface area contributed by atoms with Gasteiger partial charge >= 0.3 is 0 Å². The number of alkyl halides is 1. The predicted octanol–water partition coefficient (Wildman–Crippen LogP) is 1.88. The molecule has 2 rings (SSSR count). The summed E-state index contributed by atoms with van der Waals surface area (Å²) in [4.78, 5) is 20.5. The first-order valence-electron chi connectivity index (χ1n) is 6.16. The summed E-state index contributed by atoms with van der Waals surface area (Å²) in [5.74, 6) is 0.260. The van der Waals surface area contributed by atoms with Crippen molar-refractivity contribution in [2.45, 2.75) is 19.9 Å². The Bertz CT molecular complexity index is 402. The lowest BCUT2D eigenvalue weighted by atomic mass is 10.2. The quantitative estimate of drug-likeness (QED) is 0.790. The van der Waals surface area contributed by atoms with Crippen molar-refractivity contribution in [3.63, 3.8) is 0 Å². The average molecular weight is 332 g/mol. The zero-order valence-electron chi connectivity index (χ0n) is 10.6. The Morgan fingerprint density at radius 2 is 2.17 bits per heavy atom. The van der Waals surface area contributed by atoms with Crippen molar-refractivity contribution in [2.24, 2.45) is 0 Å². The van der Waals surface area contributed by atoms with E-state index in [4.69, 9.17) is 0 Å². The number of carbonyl (C=O) groups is 1. The topological polar surface area (TPSA) is 36.4 Å². The van der Waals surface area contributed by atoms with Gasteiger partial charge in [-0.3, -0.25) is 9.69 Å². The smallest absolute Gasteiger partial charge is 0.223 e. The van der Waals surface area contributed by atoms with Crippen LogP contribution in [-0.4, -0.2) is 52.2 Å². The van der Waals surface area contributed by atoms with E-state index in [-0.39, 0.29) is 5.91 Å². The number of aromatic nitrogens is 1. The first kappa shape index (κ1) is 14.0. The number of carbonyl (C=O) groups excluding carboxylic acids is 1. The van der Waals surface area contributed by atoms with Crippen LogP contribution in [0.5, 0.6) is 0 Å². The van der Waals surface area contributed by atoms with Gasteiger partial charge in [0.05, 0.1) is 10.7 Å². The van der Waals surface area contributed by atoms with Crippen molar-refractivity contribution in [3.8, 4) is 0 Å². The van der Waals surface area contributed by atoms with Gasteiger partial charge in [0.15, 0.2) is 0 Å². The molecule has 100 valence electrons. The first-order chi connectivity index (χ1) is 8.69. The second-order valence-electron chi connectivity index (χ2n) is 4.45. The number of aryl methyl sites for hydroxylation is 1. The second-order valence-corrected chi connectivity index (χ2v) is 6.31. The molecule has 0 N–H and O–H groups in total. The molecule has 1 aromatic heterocycles. The van der Waals surface area contributed by atoms with Gasteiger partial charge in [-0.2, -0.15) is 0 Å². The van der Waals surface area contributed by atoms with Gasteiger partial charge in [0.2, 0.25) is 5.91 Å². The van der Waals surface area contributed by atoms with Gasteiger partial charge in [0.1, 0.15) is 0 Å². The van der Waals surface area contributed by atoms with Crippen molar-refractivity contribution in [3.05, 3.63) is 16.1 Å². The van der Waals surface area contributed by atoms with Gasteiger partial charge in [-0.15, -0.1) is 11.3 Å². The summed E-state index contributed by atoms with van der Waals surface area (Å²) >= 11 is 5.01. The summed E-state index contributed by atoms with van der Waals surface area (Å²) in [5.41, 5.74) is 1.15. The molecule has 0 radical (unpaired) electrons. The molecule has 1 aliphatic heterocycles. The van der Waals surface area contributed by atoms with Crippen LogP contribution in [0.25, 0.3) is 0 Å². The summed E-state index contributed by atoms with van der Waals surface area (Å²) in [7, 11) is 0. The van der Waals surface area contributed by atoms with Gasteiger partial charge in [-0.25, -0.2) is 4.98 Å². The van der Waals surface area contributed by atoms with Crippen LogP contribution in [0.1, 0.15) is 17.1 Å². The number of halogens is 1. The van der Waals surface area contributed by atoms with Gasteiger partial charge in [-0.1, -0.05) is 15.9 Å².